The van der Waals surface area contributed by atoms with E-state index < -0.39 is 0 Å². The summed E-state index contributed by atoms with van der Waals surface area (Å²) in [5.74, 6) is 0.323. The van der Waals surface area contributed by atoms with Gasteiger partial charge in [-0.1, -0.05) is 37.3 Å². The fourth-order valence-electron chi connectivity index (χ4n) is 4.84. The van der Waals surface area contributed by atoms with Crippen molar-refractivity contribution in [2.24, 2.45) is 0 Å². The van der Waals surface area contributed by atoms with Gasteiger partial charge in [0, 0.05) is 56.3 Å². The third-order valence-electron chi connectivity index (χ3n) is 6.68. The van der Waals surface area contributed by atoms with E-state index in [1.807, 2.05) is 69.3 Å². The summed E-state index contributed by atoms with van der Waals surface area (Å²) < 4.78 is 0. The van der Waals surface area contributed by atoms with Crippen molar-refractivity contribution in [2.75, 3.05) is 26.2 Å². The van der Waals surface area contributed by atoms with Crippen LogP contribution >= 0.6 is 0 Å². The van der Waals surface area contributed by atoms with Gasteiger partial charge in [-0.05, 0) is 55.5 Å². The lowest BCUT2D eigenvalue weighted by molar-refractivity contribution is -0.128. The molecule has 33 heavy (non-hydrogen) atoms. The molecular weight excluding hydrogens is 414 g/mol. The molecule has 0 aliphatic carbocycles. The number of piperidine rings is 1. The van der Waals surface area contributed by atoms with Crippen LogP contribution in [0.3, 0.4) is 0 Å². The highest BCUT2D eigenvalue weighted by molar-refractivity contribution is 5.95. The predicted octanol–water partition coefficient (Wildman–Crippen LogP) is 3.97. The first-order chi connectivity index (χ1) is 16.1. The lowest BCUT2D eigenvalue weighted by atomic mass is 10.00. The molecule has 2 fully saturated rings. The fourth-order valence-corrected chi connectivity index (χ4v) is 4.84. The lowest BCUT2D eigenvalue weighted by Crippen LogP contribution is -2.49. The summed E-state index contributed by atoms with van der Waals surface area (Å²) in [5, 5.41) is 0. The van der Waals surface area contributed by atoms with Gasteiger partial charge in [-0.15, -0.1) is 0 Å². The average Bonchev–Trinajstić information content (AvgIpc) is 3.27. The molecule has 4 rings (SSSR count). The maximum Gasteiger partial charge on any atom is 0.254 e. The van der Waals surface area contributed by atoms with Crippen LogP contribution in [0.15, 0.2) is 54.6 Å². The Balaban J connectivity index is 1.37. The van der Waals surface area contributed by atoms with Gasteiger partial charge in [-0.25, -0.2) is 0 Å². The van der Waals surface area contributed by atoms with Crippen molar-refractivity contribution in [3.63, 3.8) is 0 Å². The van der Waals surface area contributed by atoms with Crippen LogP contribution in [0.1, 0.15) is 65.3 Å². The fraction of sp³-hybridized carbons (Fsp3) is 0.444. The molecule has 0 radical (unpaired) electrons. The van der Waals surface area contributed by atoms with Gasteiger partial charge in [0.15, 0.2) is 0 Å². The van der Waals surface area contributed by atoms with Gasteiger partial charge in [-0.3, -0.25) is 14.4 Å². The van der Waals surface area contributed by atoms with Crippen LogP contribution in [-0.4, -0.2) is 64.6 Å². The van der Waals surface area contributed by atoms with E-state index in [0.717, 1.165) is 37.8 Å². The number of benzene rings is 2. The number of carbonyl (C=O) groups excluding carboxylic acids is 3. The Labute approximate surface area is 196 Å². The Morgan fingerprint density at radius 3 is 2.24 bits per heavy atom. The maximum absolute atomic E-state index is 13.4. The SMILES string of the molecule is CCCN(C(=O)c1ccc(CN2CCCC2=O)cc1)C1CCN(C(=O)c2ccccc2)CC1. The second-order valence-corrected chi connectivity index (χ2v) is 9.00. The number of hydrogen-bond acceptors (Lipinski definition) is 3. The zero-order valence-corrected chi connectivity index (χ0v) is 19.4. The maximum atomic E-state index is 13.4. The molecule has 2 aliphatic rings. The van der Waals surface area contributed by atoms with Crippen LogP contribution in [0, 0.1) is 0 Å². The van der Waals surface area contributed by atoms with Crippen molar-refractivity contribution in [2.45, 2.75) is 51.6 Å². The summed E-state index contributed by atoms with van der Waals surface area (Å²) in [4.78, 5) is 43.8. The molecule has 2 aromatic carbocycles. The molecule has 0 spiro atoms. The Morgan fingerprint density at radius 2 is 1.64 bits per heavy atom. The van der Waals surface area contributed by atoms with Crippen molar-refractivity contribution < 1.29 is 14.4 Å². The molecule has 0 atom stereocenters. The molecule has 2 aliphatic heterocycles. The lowest BCUT2D eigenvalue weighted by Gasteiger charge is -2.38. The highest BCUT2D eigenvalue weighted by atomic mass is 16.2. The van der Waals surface area contributed by atoms with E-state index in [-0.39, 0.29) is 23.8 Å². The number of amides is 3. The molecule has 0 saturated carbocycles. The third-order valence-corrected chi connectivity index (χ3v) is 6.68. The van der Waals surface area contributed by atoms with Crippen LogP contribution in [0.25, 0.3) is 0 Å². The van der Waals surface area contributed by atoms with Gasteiger partial charge in [-0.2, -0.15) is 0 Å². The minimum atomic E-state index is 0.0495. The number of carbonyl (C=O) groups is 3. The standard InChI is InChI=1S/C27H33N3O3/c1-2-16-30(24-14-18-28(19-15-24)26(32)22-7-4-3-5-8-22)27(33)23-12-10-21(11-13-23)20-29-17-6-9-25(29)31/h3-5,7-8,10-13,24H,2,6,9,14-20H2,1H3. The van der Waals surface area contributed by atoms with Gasteiger partial charge in [0.25, 0.3) is 11.8 Å². The average molecular weight is 448 g/mol. The van der Waals surface area contributed by atoms with E-state index in [1.54, 1.807) is 0 Å². The first kappa shape index (κ1) is 23.0. The number of hydrogen-bond donors (Lipinski definition) is 0. The molecule has 6 heteroatoms. The Bertz CT molecular complexity index is 966. The smallest absolute Gasteiger partial charge is 0.254 e. The van der Waals surface area contributed by atoms with E-state index in [1.165, 1.54) is 0 Å². The predicted molar refractivity (Wildman–Crippen MR) is 128 cm³/mol. The van der Waals surface area contributed by atoms with E-state index in [9.17, 15) is 14.4 Å². The van der Waals surface area contributed by atoms with Crippen molar-refractivity contribution in [1.82, 2.24) is 14.7 Å². The Morgan fingerprint density at radius 1 is 0.939 bits per heavy atom. The summed E-state index contributed by atoms with van der Waals surface area (Å²) in [6.45, 7) is 5.54. The van der Waals surface area contributed by atoms with E-state index in [0.29, 0.717) is 43.7 Å². The monoisotopic (exact) mass is 447 g/mol. The molecule has 0 bridgehead atoms. The molecule has 0 unspecified atom stereocenters. The van der Waals surface area contributed by atoms with Crippen molar-refractivity contribution in [3.05, 3.63) is 71.3 Å². The number of rotatable bonds is 7. The zero-order chi connectivity index (χ0) is 23.2. The zero-order valence-electron chi connectivity index (χ0n) is 19.4. The molecule has 2 saturated heterocycles. The van der Waals surface area contributed by atoms with Gasteiger partial charge in [0.2, 0.25) is 5.91 Å². The second-order valence-electron chi connectivity index (χ2n) is 9.00. The third kappa shape index (κ3) is 5.44. The second kappa shape index (κ2) is 10.6. The van der Waals surface area contributed by atoms with Gasteiger partial charge in [0.1, 0.15) is 0 Å². The quantitative estimate of drug-likeness (QED) is 0.645. The van der Waals surface area contributed by atoms with Crippen molar-refractivity contribution in [1.29, 1.82) is 0 Å². The minimum Gasteiger partial charge on any atom is -0.338 e. The molecule has 2 heterocycles. The number of nitrogens with zero attached hydrogens (tertiary/aromatic N) is 3. The molecule has 2 aromatic rings. The van der Waals surface area contributed by atoms with Crippen molar-refractivity contribution in [3.8, 4) is 0 Å². The van der Waals surface area contributed by atoms with E-state index in [4.69, 9.17) is 0 Å². The highest BCUT2D eigenvalue weighted by Crippen LogP contribution is 2.22. The highest BCUT2D eigenvalue weighted by Gasteiger charge is 2.30. The van der Waals surface area contributed by atoms with Crippen LogP contribution in [0.5, 0.6) is 0 Å². The van der Waals surface area contributed by atoms with Gasteiger partial charge in [0.05, 0.1) is 0 Å². The van der Waals surface area contributed by atoms with E-state index >= 15 is 0 Å². The summed E-state index contributed by atoms with van der Waals surface area (Å²) in [7, 11) is 0. The Kier molecular flexibility index (Phi) is 7.43. The summed E-state index contributed by atoms with van der Waals surface area (Å²) in [5.41, 5.74) is 2.45. The van der Waals surface area contributed by atoms with Crippen molar-refractivity contribution >= 4 is 17.7 Å². The summed E-state index contributed by atoms with van der Waals surface area (Å²) in [6, 6.07) is 17.2. The topological polar surface area (TPSA) is 60.9 Å². The van der Waals surface area contributed by atoms with Crippen LogP contribution < -0.4 is 0 Å². The minimum absolute atomic E-state index is 0.0495. The first-order valence-electron chi connectivity index (χ1n) is 12.1. The van der Waals surface area contributed by atoms with Gasteiger partial charge < -0.3 is 14.7 Å². The Hall–Kier alpha value is -3.15. The summed E-state index contributed by atoms with van der Waals surface area (Å²) in [6.07, 6.45) is 4.04. The normalized spacial score (nSPS) is 16.8. The van der Waals surface area contributed by atoms with E-state index in [2.05, 4.69) is 6.92 Å². The van der Waals surface area contributed by atoms with Gasteiger partial charge >= 0.3 is 0 Å². The molecule has 6 nitrogen and oxygen atoms in total. The molecule has 174 valence electrons. The first-order valence-corrected chi connectivity index (χ1v) is 12.1. The molecule has 0 aromatic heterocycles. The molecule has 0 N–H and O–H groups in total. The molecule has 3 amide bonds. The molecular formula is C27H33N3O3. The van der Waals surface area contributed by atoms with Crippen LogP contribution in [-0.2, 0) is 11.3 Å². The summed E-state index contributed by atoms with van der Waals surface area (Å²) >= 11 is 0. The number of likely N-dealkylation sites (tertiary alicyclic amines) is 2. The van der Waals surface area contributed by atoms with Crippen LogP contribution in [0.2, 0.25) is 0 Å². The largest absolute Gasteiger partial charge is 0.338 e. The van der Waals surface area contributed by atoms with Crippen LogP contribution in [0.4, 0.5) is 0 Å².